The zero-order chi connectivity index (χ0) is 13.7. The molecular formula is C18H15ClN2. The van der Waals surface area contributed by atoms with Gasteiger partial charge in [0.15, 0.2) is 6.20 Å². The smallest absolute Gasteiger partial charge is 0.212 e. The van der Waals surface area contributed by atoms with Crippen LogP contribution in [0.3, 0.4) is 0 Å². The summed E-state index contributed by atoms with van der Waals surface area (Å²) in [5.74, 6) is 0. The van der Waals surface area contributed by atoms with E-state index < -0.39 is 0 Å². The summed E-state index contributed by atoms with van der Waals surface area (Å²) in [5.41, 5.74) is 8.30. The van der Waals surface area contributed by atoms with Gasteiger partial charge in [0, 0.05) is 22.5 Å². The van der Waals surface area contributed by atoms with Gasteiger partial charge in [-0.05, 0) is 17.5 Å². The summed E-state index contributed by atoms with van der Waals surface area (Å²) in [6.45, 7) is 0. The molecular weight excluding hydrogens is 280 g/mol. The highest BCUT2D eigenvalue weighted by Crippen LogP contribution is 2.32. The van der Waals surface area contributed by atoms with Crippen molar-refractivity contribution in [3.8, 4) is 0 Å². The number of nitrogens with zero attached hydrogens (tertiary/aromatic N) is 1. The molecule has 0 amide bonds. The third-order valence-corrected chi connectivity index (χ3v) is 4.02. The molecule has 0 aliphatic rings. The van der Waals surface area contributed by atoms with Gasteiger partial charge in [-0.25, -0.2) is 4.57 Å². The summed E-state index contributed by atoms with van der Waals surface area (Å²) in [7, 11) is 2.09. The Morgan fingerprint density at radius 3 is 2.14 bits per heavy atom. The van der Waals surface area contributed by atoms with Crippen molar-refractivity contribution in [2.75, 3.05) is 5.73 Å². The highest BCUT2D eigenvalue weighted by Gasteiger charge is 2.13. The molecule has 1 heterocycles. The Labute approximate surface area is 129 Å². The number of hydrogen-bond acceptors (Lipinski definition) is 1. The van der Waals surface area contributed by atoms with Crippen LogP contribution in [-0.4, -0.2) is 0 Å². The number of benzene rings is 3. The van der Waals surface area contributed by atoms with E-state index in [0.29, 0.717) is 0 Å². The molecule has 0 aliphatic carbocycles. The van der Waals surface area contributed by atoms with E-state index in [1.165, 1.54) is 27.1 Å². The molecule has 0 radical (unpaired) electrons. The largest absolute Gasteiger partial charge is 1.00 e. The zero-order valence-corrected chi connectivity index (χ0v) is 12.4. The van der Waals surface area contributed by atoms with Gasteiger partial charge in [0.25, 0.3) is 0 Å². The van der Waals surface area contributed by atoms with E-state index in [-0.39, 0.29) is 12.4 Å². The van der Waals surface area contributed by atoms with Gasteiger partial charge in [-0.2, -0.15) is 0 Å². The minimum absolute atomic E-state index is 0. The van der Waals surface area contributed by atoms with Crippen LogP contribution in [0.4, 0.5) is 5.69 Å². The second-order valence-electron chi connectivity index (χ2n) is 5.23. The Kier molecular flexibility index (Phi) is 3.19. The molecule has 0 bridgehead atoms. The number of aromatic nitrogens is 1. The van der Waals surface area contributed by atoms with Crippen LogP contribution in [0.25, 0.3) is 32.4 Å². The van der Waals surface area contributed by atoms with E-state index in [4.69, 9.17) is 5.73 Å². The Morgan fingerprint density at radius 1 is 0.762 bits per heavy atom. The van der Waals surface area contributed by atoms with Crippen LogP contribution in [0.15, 0.2) is 60.8 Å². The maximum atomic E-state index is 6.24. The minimum atomic E-state index is 0. The lowest BCUT2D eigenvalue weighted by Gasteiger charge is -2.08. The van der Waals surface area contributed by atoms with Gasteiger partial charge in [-0.15, -0.1) is 0 Å². The third-order valence-electron chi connectivity index (χ3n) is 4.02. The molecule has 0 saturated carbocycles. The van der Waals surface area contributed by atoms with Crippen molar-refractivity contribution in [3.63, 3.8) is 0 Å². The second kappa shape index (κ2) is 4.90. The van der Waals surface area contributed by atoms with E-state index in [2.05, 4.69) is 66.3 Å². The summed E-state index contributed by atoms with van der Waals surface area (Å²) in [4.78, 5) is 0. The molecule has 0 fully saturated rings. The van der Waals surface area contributed by atoms with Crippen molar-refractivity contribution in [3.05, 3.63) is 60.8 Å². The number of pyridine rings is 1. The van der Waals surface area contributed by atoms with Gasteiger partial charge in [0.1, 0.15) is 7.05 Å². The Hall–Kier alpha value is -2.32. The summed E-state index contributed by atoms with van der Waals surface area (Å²) >= 11 is 0. The Morgan fingerprint density at radius 2 is 1.38 bits per heavy atom. The predicted molar refractivity (Wildman–Crippen MR) is 84.5 cm³/mol. The normalized spacial score (nSPS) is 10.9. The van der Waals surface area contributed by atoms with E-state index >= 15 is 0 Å². The monoisotopic (exact) mass is 294 g/mol. The van der Waals surface area contributed by atoms with Crippen LogP contribution < -0.4 is 22.7 Å². The van der Waals surface area contributed by atoms with Crippen molar-refractivity contribution < 1.29 is 17.0 Å². The number of para-hydroxylation sites is 1. The topological polar surface area (TPSA) is 29.9 Å². The van der Waals surface area contributed by atoms with E-state index in [0.717, 1.165) is 11.1 Å². The van der Waals surface area contributed by atoms with Crippen molar-refractivity contribution >= 4 is 38.1 Å². The first kappa shape index (κ1) is 13.7. The molecule has 0 saturated heterocycles. The Bertz CT molecular complexity index is 896. The fourth-order valence-corrected chi connectivity index (χ4v) is 3.06. The summed E-state index contributed by atoms with van der Waals surface area (Å²) < 4.78 is 2.18. The van der Waals surface area contributed by atoms with Gasteiger partial charge in [0.05, 0.1) is 10.8 Å². The van der Waals surface area contributed by atoms with Crippen molar-refractivity contribution in [2.24, 2.45) is 7.05 Å². The summed E-state index contributed by atoms with van der Waals surface area (Å²) in [6, 6.07) is 18.9. The first-order valence-electron chi connectivity index (χ1n) is 6.74. The zero-order valence-electron chi connectivity index (χ0n) is 11.7. The number of halogens is 1. The predicted octanol–water partition coefficient (Wildman–Crippen LogP) is 0.557. The lowest BCUT2D eigenvalue weighted by Crippen LogP contribution is -3.00. The number of rotatable bonds is 0. The highest BCUT2D eigenvalue weighted by atomic mass is 35.5. The lowest BCUT2D eigenvalue weighted by atomic mass is 9.99. The fraction of sp³-hybridized carbons (Fsp3) is 0.0556. The Balaban J connectivity index is 0.00000132. The average molecular weight is 295 g/mol. The molecule has 0 unspecified atom stereocenters. The number of nitrogens with two attached hydrogens (primary N) is 1. The molecule has 2 nitrogen and oxygen atoms in total. The lowest BCUT2D eigenvalue weighted by molar-refractivity contribution is -0.643. The molecule has 0 atom stereocenters. The van der Waals surface area contributed by atoms with Crippen LogP contribution in [0.2, 0.25) is 0 Å². The van der Waals surface area contributed by atoms with E-state index in [1.807, 2.05) is 6.07 Å². The molecule has 0 aliphatic heterocycles. The molecule has 4 rings (SSSR count). The quantitative estimate of drug-likeness (QED) is 0.287. The molecule has 0 spiro atoms. The fourth-order valence-electron chi connectivity index (χ4n) is 3.06. The summed E-state index contributed by atoms with van der Waals surface area (Å²) in [5, 5.41) is 6.04. The van der Waals surface area contributed by atoms with Crippen molar-refractivity contribution in [2.45, 2.75) is 0 Å². The van der Waals surface area contributed by atoms with E-state index in [1.54, 1.807) is 0 Å². The molecule has 3 heteroatoms. The van der Waals surface area contributed by atoms with Crippen molar-refractivity contribution in [1.29, 1.82) is 0 Å². The maximum absolute atomic E-state index is 6.24. The van der Waals surface area contributed by atoms with Crippen LogP contribution in [0.1, 0.15) is 0 Å². The number of fused-ring (bicyclic) bond motifs is 5. The molecule has 21 heavy (non-hydrogen) atoms. The van der Waals surface area contributed by atoms with Gasteiger partial charge in [0.2, 0.25) is 5.52 Å². The SMILES string of the molecule is C[n+]1cc2c3ccccc3c(N)cc2c2ccccc21.[Cl-]. The number of aryl methyl sites for hydroxylation is 1. The molecule has 3 aromatic carbocycles. The van der Waals surface area contributed by atoms with Crippen molar-refractivity contribution in [1.82, 2.24) is 0 Å². The van der Waals surface area contributed by atoms with Crippen LogP contribution in [0.5, 0.6) is 0 Å². The highest BCUT2D eigenvalue weighted by molar-refractivity contribution is 6.18. The first-order chi connectivity index (χ1) is 9.75. The standard InChI is InChI=1S/C18H14N2.ClH/c1-20-11-16-12-6-2-3-7-13(12)17(19)10-15(16)14-8-4-5-9-18(14)20;/h2-11,19H,1H3;1H. The van der Waals surface area contributed by atoms with Crippen LogP contribution >= 0.6 is 0 Å². The second-order valence-corrected chi connectivity index (χ2v) is 5.23. The average Bonchev–Trinajstić information content (AvgIpc) is 2.49. The maximum Gasteiger partial charge on any atom is 0.212 e. The van der Waals surface area contributed by atoms with Crippen LogP contribution in [0, 0.1) is 0 Å². The number of hydrogen-bond donors (Lipinski definition) is 1. The minimum Gasteiger partial charge on any atom is -1.00 e. The van der Waals surface area contributed by atoms with Gasteiger partial charge in [-0.1, -0.05) is 36.4 Å². The van der Waals surface area contributed by atoms with Gasteiger partial charge >= 0.3 is 0 Å². The third kappa shape index (κ3) is 1.91. The van der Waals surface area contributed by atoms with Gasteiger partial charge in [-0.3, -0.25) is 0 Å². The van der Waals surface area contributed by atoms with Gasteiger partial charge < -0.3 is 18.1 Å². The number of nitrogen functional groups attached to an aromatic ring is 1. The number of anilines is 1. The molecule has 2 N–H and O–H groups in total. The first-order valence-corrected chi connectivity index (χ1v) is 6.74. The molecule has 4 aromatic rings. The van der Waals surface area contributed by atoms with E-state index in [9.17, 15) is 0 Å². The molecule has 104 valence electrons. The summed E-state index contributed by atoms with van der Waals surface area (Å²) in [6.07, 6.45) is 2.19. The van der Waals surface area contributed by atoms with Crippen LogP contribution in [-0.2, 0) is 7.05 Å². The molecule has 1 aromatic heterocycles.